The van der Waals surface area contributed by atoms with Gasteiger partial charge in [-0.05, 0) is 45.7 Å². The third-order valence-electron chi connectivity index (χ3n) is 6.45. The minimum absolute atomic E-state index is 0.353. The number of furan rings is 1. The molecule has 0 amide bonds. The topological polar surface area (TPSA) is 52.0 Å². The summed E-state index contributed by atoms with van der Waals surface area (Å²) in [5, 5.41) is 9.56. The van der Waals surface area contributed by atoms with E-state index in [1.165, 1.54) is 10.8 Å². The zero-order valence-corrected chi connectivity index (χ0v) is 18.8. The Kier molecular flexibility index (Phi) is 4.49. The van der Waals surface area contributed by atoms with Crippen LogP contribution in [0.1, 0.15) is 22.9 Å². The van der Waals surface area contributed by atoms with Gasteiger partial charge in [0.25, 0.3) is 0 Å². The van der Waals surface area contributed by atoms with Crippen LogP contribution in [-0.2, 0) is 0 Å². The molecule has 0 saturated carbocycles. The van der Waals surface area contributed by atoms with Gasteiger partial charge in [-0.15, -0.1) is 0 Å². The fraction of sp³-hybridized carbons (Fsp3) is 0.0323. The van der Waals surface area contributed by atoms with Gasteiger partial charge in [-0.25, -0.2) is 0 Å². The summed E-state index contributed by atoms with van der Waals surface area (Å²) < 4.78 is 6.29. The molecule has 1 aliphatic rings. The first-order chi connectivity index (χ1) is 17.3. The van der Waals surface area contributed by atoms with Crippen LogP contribution in [0.3, 0.4) is 0 Å². The lowest BCUT2D eigenvalue weighted by atomic mass is 10.0. The summed E-state index contributed by atoms with van der Waals surface area (Å²) in [7, 11) is 0. The molecular weight excluding hydrogens is 430 g/mol. The number of amidine groups is 2. The Bertz CT molecular complexity index is 1770. The van der Waals surface area contributed by atoms with Crippen molar-refractivity contribution >= 4 is 44.4 Å². The van der Waals surface area contributed by atoms with Crippen LogP contribution >= 0.6 is 0 Å². The molecule has 1 aliphatic heterocycles. The van der Waals surface area contributed by atoms with Crippen LogP contribution in [0.25, 0.3) is 38.0 Å². The Labute approximate surface area is 202 Å². The average molecular weight is 451 g/mol. The van der Waals surface area contributed by atoms with Crippen molar-refractivity contribution in [1.82, 2.24) is 0 Å². The lowest BCUT2D eigenvalue weighted by Gasteiger charge is -2.32. The summed E-state index contributed by atoms with van der Waals surface area (Å²) in [6.07, 6.45) is -0.353. The van der Waals surface area contributed by atoms with Gasteiger partial charge in [-0.2, -0.15) is 0 Å². The molecule has 1 atom stereocenters. The zero-order valence-electron chi connectivity index (χ0n) is 18.8. The molecule has 2 heterocycles. The van der Waals surface area contributed by atoms with Gasteiger partial charge in [0, 0.05) is 10.8 Å². The zero-order chi connectivity index (χ0) is 23.2. The van der Waals surface area contributed by atoms with E-state index < -0.39 is 0 Å². The molecular formula is C31H20N3O-. The van der Waals surface area contributed by atoms with Crippen LogP contribution in [-0.4, -0.2) is 11.7 Å². The van der Waals surface area contributed by atoms with Crippen molar-refractivity contribution in [3.63, 3.8) is 0 Å². The molecule has 0 fully saturated rings. The molecule has 1 aromatic heterocycles. The van der Waals surface area contributed by atoms with E-state index in [1.54, 1.807) is 0 Å². The van der Waals surface area contributed by atoms with Crippen LogP contribution < -0.4 is 0 Å². The van der Waals surface area contributed by atoms with Gasteiger partial charge < -0.3 is 14.7 Å². The molecule has 7 rings (SSSR count). The van der Waals surface area contributed by atoms with Gasteiger partial charge in [-0.1, -0.05) is 103 Å². The number of benzene rings is 5. The van der Waals surface area contributed by atoms with Crippen LogP contribution in [0.4, 0.5) is 0 Å². The molecule has 0 saturated heterocycles. The van der Waals surface area contributed by atoms with E-state index in [1.807, 2.05) is 60.7 Å². The van der Waals surface area contributed by atoms with Crippen molar-refractivity contribution < 1.29 is 4.42 Å². The van der Waals surface area contributed by atoms with Gasteiger partial charge in [-0.3, -0.25) is 4.99 Å². The van der Waals surface area contributed by atoms with E-state index in [9.17, 15) is 0 Å². The van der Waals surface area contributed by atoms with Crippen molar-refractivity contribution in [3.8, 4) is 0 Å². The molecule has 6 aromatic rings. The van der Waals surface area contributed by atoms with Crippen LogP contribution in [0, 0.1) is 0 Å². The van der Waals surface area contributed by atoms with E-state index in [0.717, 1.165) is 38.6 Å². The maximum atomic E-state index is 6.29. The van der Waals surface area contributed by atoms with Crippen molar-refractivity contribution in [3.05, 3.63) is 137 Å². The smallest absolute Gasteiger partial charge is 0.136 e. The van der Waals surface area contributed by atoms with E-state index in [-0.39, 0.29) is 6.17 Å². The van der Waals surface area contributed by atoms with Crippen LogP contribution in [0.15, 0.2) is 130 Å². The number of rotatable bonds is 3. The van der Waals surface area contributed by atoms with Crippen LogP contribution in [0.5, 0.6) is 0 Å². The highest BCUT2D eigenvalue weighted by Crippen LogP contribution is 2.36. The number of hydrogen-bond donors (Lipinski definition) is 0. The highest BCUT2D eigenvalue weighted by Gasteiger charge is 2.15. The molecule has 5 aromatic carbocycles. The summed E-state index contributed by atoms with van der Waals surface area (Å²) in [5.41, 5.74) is 4.62. The second-order valence-electron chi connectivity index (χ2n) is 8.64. The van der Waals surface area contributed by atoms with Crippen molar-refractivity contribution in [2.75, 3.05) is 0 Å². The highest BCUT2D eigenvalue weighted by atomic mass is 16.3. The molecule has 4 nitrogen and oxygen atoms in total. The SMILES string of the molecule is c1ccc(C2=NC(c3ccccc3)[N-]C(c3ccc4c(c3)oc3ccc5ccccc5c34)=N2)cc1. The molecule has 35 heavy (non-hydrogen) atoms. The van der Waals surface area contributed by atoms with Gasteiger partial charge in [0.1, 0.15) is 11.2 Å². The first kappa shape index (κ1) is 19.7. The third kappa shape index (κ3) is 3.39. The minimum atomic E-state index is -0.353. The minimum Gasteiger partial charge on any atom is -0.456 e. The van der Waals surface area contributed by atoms with Crippen molar-refractivity contribution in [2.24, 2.45) is 9.98 Å². The van der Waals surface area contributed by atoms with Crippen molar-refractivity contribution in [1.29, 1.82) is 0 Å². The monoisotopic (exact) mass is 450 g/mol. The normalized spacial score (nSPS) is 15.7. The Morgan fingerprint density at radius 2 is 1.40 bits per heavy atom. The van der Waals surface area contributed by atoms with Gasteiger partial charge >= 0.3 is 0 Å². The van der Waals surface area contributed by atoms with Gasteiger partial charge in [0.2, 0.25) is 0 Å². The number of nitrogens with zero attached hydrogens (tertiary/aromatic N) is 3. The van der Waals surface area contributed by atoms with E-state index in [0.29, 0.717) is 11.7 Å². The maximum Gasteiger partial charge on any atom is 0.136 e. The van der Waals surface area contributed by atoms with Crippen molar-refractivity contribution in [2.45, 2.75) is 6.17 Å². The second-order valence-corrected chi connectivity index (χ2v) is 8.64. The Balaban J connectivity index is 1.37. The average Bonchev–Trinajstić information content (AvgIpc) is 3.32. The van der Waals surface area contributed by atoms with Crippen LogP contribution in [0.2, 0.25) is 0 Å². The molecule has 4 heteroatoms. The second kappa shape index (κ2) is 7.96. The fourth-order valence-electron chi connectivity index (χ4n) is 4.74. The predicted octanol–water partition coefficient (Wildman–Crippen LogP) is 8.02. The lowest BCUT2D eigenvalue weighted by Crippen LogP contribution is -2.15. The Morgan fingerprint density at radius 3 is 2.26 bits per heavy atom. The third-order valence-corrected chi connectivity index (χ3v) is 6.45. The Morgan fingerprint density at radius 1 is 0.629 bits per heavy atom. The van der Waals surface area contributed by atoms with Gasteiger partial charge in [0.15, 0.2) is 0 Å². The van der Waals surface area contributed by atoms with E-state index in [2.05, 4.69) is 54.6 Å². The predicted molar refractivity (Wildman–Crippen MR) is 143 cm³/mol. The maximum absolute atomic E-state index is 6.29. The number of fused-ring (bicyclic) bond motifs is 5. The standard InChI is InChI=1S/C31H20N3O/c1-3-10-21(11-4-1)29-32-30(22-12-5-2-6-13-22)34-31(33-29)23-15-17-25-27(19-23)35-26-18-16-20-9-7-8-14-24(20)28(25)26/h1-19,29H/q-1. The quantitative estimate of drug-likeness (QED) is 0.269. The number of hydrogen-bond acceptors (Lipinski definition) is 3. The molecule has 0 spiro atoms. The summed E-state index contributed by atoms with van der Waals surface area (Å²) >= 11 is 0. The largest absolute Gasteiger partial charge is 0.456 e. The van der Waals surface area contributed by atoms with Gasteiger partial charge in [0.05, 0.1) is 12.0 Å². The van der Waals surface area contributed by atoms with E-state index >= 15 is 0 Å². The molecule has 0 bridgehead atoms. The molecule has 0 radical (unpaired) electrons. The molecule has 166 valence electrons. The summed E-state index contributed by atoms with van der Waals surface area (Å²) in [5.74, 6) is 1.33. The summed E-state index contributed by atoms with van der Waals surface area (Å²) in [4.78, 5) is 9.74. The first-order valence-electron chi connectivity index (χ1n) is 11.7. The Hall–Kier alpha value is -4.70. The number of aliphatic imine (C=N–C) groups is 2. The fourth-order valence-corrected chi connectivity index (χ4v) is 4.74. The van der Waals surface area contributed by atoms with E-state index in [4.69, 9.17) is 19.7 Å². The molecule has 0 aliphatic carbocycles. The highest BCUT2D eigenvalue weighted by molar-refractivity contribution is 6.22. The molecule has 1 unspecified atom stereocenters. The summed E-state index contributed by atoms with van der Waals surface area (Å²) in [6, 6.07) is 39.0. The first-order valence-corrected chi connectivity index (χ1v) is 11.7. The molecule has 0 N–H and O–H groups in total. The summed E-state index contributed by atoms with van der Waals surface area (Å²) in [6.45, 7) is 0. The lowest BCUT2D eigenvalue weighted by molar-refractivity contribution is 0.669.